The van der Waals surface area contributed by atoms with Gasteiger partial charge in [-0.25, -0.2) is 4.98 Å². The second-order valence-electron chi connectivity index (χ2n) is 5.36. The minimum atomic E-state index is -0.830. The maximum absolute atomic E-state index is 12.3. The highest BCUT2D eigenvalue weighted by Crippen LogP contribution is 2.26. The average molecular weight is 282 g/mol. The molecule has 6 heteroatoms. The molecule has 2 rings (SSSR count). The fourth-order valence-electron chi connectivity index (χ4n) is 2.27. The topological polar surface area (TPSA) is 70.5 Å². The molecule has 1 aliphatic rings. The minimum Gasteiger partial charge on any atom is -0.481 e. The first-order chi connectivity index (χ1) is 8.90. The zero-order valence-corrected chi connectivity index (χ0v) is 12.1. The van der Waals surface area contributed by atoms with E-state index in [2.05, 4.69) is 4.98 Å². The van der Waals surface area contributed by atoms with Crippen molar-refractivity contribution in [2.24, 2.45) is 11.8 Å². The van der Waals surface area contributed by atoms with Crippen LogP contribution >= 0.6 is 11.3 Å². The molecule has 0 unspecified atom stereocenters. The zero-order chi connectivity index (χ0) is 14.2. The maximum atomic E-state index is 12.3. The zero-order valence-electron chi connectivity index (χ0n) is 11.3. The number of carboxylic acid groups (broad SMARTS) is 1. The van der Waals surface area contributed by atoms with E-state index in [1.54, 1.807) is 10.3 Å². The number of carbonyl (C=O) groups is 2. The molecule has 1 amide bonds. The van der Waals surface area contributed by atoms with Gasteiger partial charge >= 0.3 is 5.97 Å². The molecule has 19 heavy (non-hydrogen) atoms. The summed E-state index contributed by atoms with van der Waals surface area (Å²) in [5, 5.41) is 11.8. The number of rotatable bonds is 3. The number of amides is 1. The van der Waals surface area contributed by atoms with Gasteiger partial charge in [0.15, 0.2) is 0 Å². The van der Waals surface area contributed by atoms with Gasteiger partial charge in [0, 0.05) is 24.4 Å². The summed E-state index contributed by atoms with van der Waals surface area (Å²) in [6, 6.07) is 0. The van der Waals surface area contributed by atoms with E-state index in [1.807, 2.05) is 20.8 Å². The third-order valence-corrected chi connectivity index (χ3v) is 4.60. The molecule has 0 saturated carbocycles. The second-order valence-corrected chi connectivity index (χ2v) is 6.25. The van der Waals surface area contributed by atoms with Crippen LogP contribution in [0.4, 0.5) is 0 Å². The molecule has 0 bridgehead atoms. The first-order valence-corrected chi connectivity index (χ1v) is 7.25. The van der Waals surface area contributed by atoms with Gasteiger partial charge in [-0.1, -0.05) is 20.8 Å². The van der Waals surface area contributed by atoms with Crippen LogP contribution in [0.2, 0.25) is 0 Å². The Balaban J connectivity index is 2.10. The van der Waals surface area contributed by atoms with E-state index >= 15 is 0 Å². The largest absolute Gasteiger partial charge is 0.481 e. The molecule has 2 heterocycles. The molecule has 0 radical (unpaired) electrons. The lowest BCUT2D eigenvalue weighted by Gasteiger charge is -2.14. The average Bonchev–Trinajstić information content (AvgIpc) is 2.94. The highest BCUT2D eigenvalue weighted by Gasteiger charge is 2.37. The van der Waals surface area contributed by atoms with Crippen LogP contribution in [0.5, 0.6) is 0 Å². The molecular weight excluding hydrogens is 264 g/mol. The summed E-state index contributed by atoms with van der Waals surface area (Å²) >= 11 is 1.48. The Labute approximate surface area is 116 Å². The highest BCUT2D eigenvalue weighted by atomic mass is 32.1. The summed E-state index contributed by atoms with van der Waals surface area (Å²) in [5.74, 6) is -1.16. The number of hydrogen-bond acceptors (Lipinski definition) is 4. The van der Waals surface area contributed by atoms with E-state index in [-0.39, 0.29) is 18.4 Å². The molecule has 1 fully saturated rings. The maximum Gasteiger partial charge on any atom is 0.308 e. The first-order valence-electron chi connectivity index (χ1n) is 6.37. The Hall–Kier alpha value is -1.43. The third-order valence-electron chi connectivity index (χ3n) is 3.45. The number of nitrogens with zero attached hydrogens (tertiary/aromatic N) is 2. The van der Waals surface area contributed by atoms with Gasteiger partial charge < -0.3 is 10.0 Å². The molecule has 1 aromatic heterocycles. The van der Waals surface area contributed by atoms with Crippen molar-refractivity contribution in [3.8, 4) is 0 Å². The second kappa shape index (κ2) is 5.28. The Morgan fingerprint density at radius 2 is 2.16 bits per heavy atom. The molecule has 1 aromatic rings. The number of carboxylic acids is 1. The Morgan fingerprint density at radius 1 is 1.47 bits per heavy atom. The predicted octanol–water partition coefficient (Wildman–Crippen LogP) is 2.06. The predicted molar refractivity (Wildman–Crippen MR) is 72.4 cm³/mol. The molecule has 0 spiro atoms. The number of hydrogen-bond donors (Lipinski definition) is 1. The Kier molecular flexibility index (Phi) is 3.89. The van der Waals surface area contributed by atoms with Gasteiger partial charge in [-0.15, -0.1) is 11.3 Å². The highest BCUT2D eigenvalue weighted by molar-refractivity contribution is 7.09. The minimum absolute atomic E-state index is 0.00958. The fraction of sp³-hybridized carbons (Fsp3) is 0.615. The molecule has 1 N–H and O–H groups in total. The third kappa shape index (κ3) is 2.78. The fourth-order valence-corrected chi connectivity index (χ4v) is 3.08. The van der Waals surface area contributed by atoms with Crippen LogP contribution in [0.3, 0.4) is 0 Å². The standard InChI is InChI=1S/C13H18N2O3S/c1-7(2)11-14-10(6-19-11)12(16)15-4-8(3)9(5-15)13(17)18/h6-9H,4-5H2,1-3H3,(H,17,18)/t8-,9-/m1/s1. The quantitative estimate of drug-likeness (QED) is 0.921. The van der Waals surface area contributed by atoms with Crippen molar-refractivity contribution in [2.75, 3.05) is 13.1 Å². The summed E-state index contributed by atoms with van der Waals surface area (Å²) in [4.78, 5) is 29.3. The van der Waals surface area contributed by atoms with Crippen molar-refractivity contribution in [1.82, 2.24) is 9.88 Å². The molecule has 2 atom stereocenters. The van der Waals surface area contributed by atoms with Crippen molar-refractivity contribution < 1.29 is 14.7 Å². The van der Waals surface area contributed by atoms with E-state index in [0.717, 1.165) is 5.01 Å². The first kappa shape index (κ1) is 14.0. The SMILES string of the molecule is CC(C)c1nc(C(=O)N2C[C@@H](C)[C@H](C(=O)O)C2)cs1. The lowest BCUT2D eigenvalue weighted by atomic mass is 9.99. The lowest BCUT2D eigenvalue weighted by molar-refractivity contribution is -0.142. The van der Waals surface area contributed by atoms with E-state index in [4.69, 9.17) is 5.11 Å². The smallest absolute Gasteiger partial charge is 0.308 e. The lowest BCUT2D eigenvalue weighted by Crippen LogP contribution is -2.30. The number of thiazole rings is 1. The van der Waals surface area contributed by atoms with Crippen molar-refractivity contribution in [3.63, 3.8) is 0 Å². The monoisotopic (exact) mass is 282 g/mol. The molecule has 1 saturated heterocycles. The molecule has 0 aromatic carbocycles. The van der Waals surface area contributed by atoms with Crippen LogP contribution in [0.1, 0.15) is 42.2 Å². The summed E-state index contributed by atoms with van der Waals surface area (Å²) in [5.41, 5.74) is 0.437. The van der Waals surface area contributed by atoms with Crippen LogP contribution in [-0.4, -0.2) is 40.0 Å². The van der Waals surface area contributed by atoms with Gasteiger partial charge in [0.1, 0.15) is 5.69 Å². The van der Waals surface area contributed by atoms with Crippen LogP contribution in [0.25, 0.3) is 0 Å². The Bertz CT molecular complexity index is 498. The van der Waals surface area contributed by atoms with Crippen molar-refractivity contribution in [3.05, 3.63) is 16.1 Å². The van der Waals surface area contributed by atoms with E-state index in [0.29, 0.717) is 18.2 Å². The molecule has 1 aliphatic heterocycles. The van der Waals surface area contributed by atoms with Crippen LogP contribution in [-0.2, 0) is 4.79 Å². The van der Waals surface area contributed by atoms with Gasteiger partial charge in [0.2, 0.25) is 0 Å². The van der Waals surface area contributed by atoms with Gasteiger partial charge in [0.25, 0.3) is 5.91 Å². The summed E-state index contributed by atoms with van der Waals surface area (Å²) < 4.78 is 0. The van der Waals surface area contributed by atoms with Gasteiger partial charge in [-0.2, -0.15) is 0 Å². The van der Waals surface area contributed by atoms with E-state index in [9.17, 15) is 9.59 Å². The van der Waals surface area contributed by atoms with Gasteiger partial charge in [-0.05, 0) is 5.92 Å². The van der Waals surface area contributed by atoms with Crippen molar-refractivity contribution in [2.45, 2.75) is 26.7 Å². The summed E-state index contributed by atoms with van der Waals surface area (Å²) in [6.45, 7) is 6.71. The van der Waals surface area contributed by atoms with Crippen LogP contribution in [0.15, 0.2) is 5.38 Å². The van der Waals surface area contributed by atoms with E-state index < -0.39 is 11.9 Å². The van der Waals surface area contributed by atoms with Crippen molar-refractivity contribution in [1.29, 1.82) is 0 Å². The van der Waals surface area contributed by atoms with E-state index in [1.165, 1.54) is 11.3 Å². The van der Waals surface area contributed by atoms with Gasteiger partial charge in [0.05, 0.1) is 10.9 Å². The number of aliphatic carboxylic acids is 1. The number of likely N-dealkylation sites (tertiary alicyclic amines) is 1. The summed E-state index contributed by atoms with van der Waals surface area (Å²) in [7, 11) is 0. The number of carbonyl (C=O) groups excluding carboxylic acids is 1. The molecular formula is C13H18N2O3S. The molecule has 0 aliphatic carbocycles. The van der Waals surface area contributed by atoms with Crippen LogP contribution in [0, 0.1) is 11.8 Å². The molecule has 104 valence electrons. The molecule has 5 nitrogen and oxygen atoms in total. The van der Waals surface area contributed by atoms with Gasteiger partial charge in [-0.3, -0.25) is 9.59 Å². The normalized spacial score (nSPS) is 23.1. The summed E-state index contributed by atoms with van der Waals surface area (Å²) in [6.07, 6.45) is 0. The van der Waals surface area contributed by atoms with Crippen molar-refractivity contribution >= 4 is 23.2 Å². The van der Waals surface area contributed by atoms with Crippen LogP contribution < -0.4 is 0 Å². The Morgan fingerprint density at radius 3 is 2.63 bits per heavy atom. The number of aromatic nitrogens is 1.